The van der Waals surface area contributed by atoms with Gasteiger partial charge in [0.15, 0.2) is 0 Å². The van der Waals surface area contributed by atoms with Crippen molar-refractivity contribution in [2.24, 2.45) is 0 Å². The summed E-state index contributed by atoms with van der Waals surface area (Å²) in [5, 5.41) is -0.356. The minimum atomic E-state index is -4.80. The van der Waals surface area contributed by atoms with Gasteiger partial charge in [0.25, 0.3) is 10.0 Å². The zero-order valence-corrected chi connectivity index (χ0v) is 19.7. The molecule has 1 fully saturated rings. The van der Waals surface area contributed by atoms with Crippen LogP contribution in [-0.2, 0) is 21.0 Å². The van der Waals surface area contributed by atoms with E-state index < -0.39 is 31.7 Å². The quantitative estimate of drug-likeness (QED) is 0.455. The highest BCUT2D eigenvalue weighted by Gasteiger charge is 2.34. The summed E-state index contributed by atoms with van der Waals surface area (Å²) in [4.78, 5) is 13.9. The Morgan fingerprint density at radius 1 is 1.09 bits per heavy atom. The highest BCUT2D eigenvalue weighted by atomic mass is 35.5. The number of amides is 1. The van der Waals surface area contributed by atoms with Gasteiger partial charge in [-0.25, -0.2) is 8.42 Å². The van der Waals surface area contributed by atoms with Crippen LogP contribution in [-0.4, -0.2) is 38.1 Å². The molecule has 12 heteroatoms. The molecule has 174 valence electrons. The Hall–Kier alpha value is -1.62. The highest BCUT2D eigenvalue weighted by Crippen LogP contribution is 2.37. The summed E-state index contributed by atoms with van der Waals surface area (Å²) in [6.45, 7) is 1.49. The van der Waals surface area contributed by atoms with Crippen LogP contribution in [0.1, 0.15) is 24.8 Å². The molecule has 0 saturated carbocycles. The van der Waals surface area contributed by atoms with Gasteiger partial charge in [-0.1, -0.05) is 23.2 Å². The summed E-state index contributed by atoms with van der Waals surface area (Å²) < 4.78 is 67.2. The van der Waals surface area contributed by atoms with Crippen LogP contribution in [0.2, 0.25) is 10.0 Å². The van der Waals surface area contributed by atoms with Crippen LogP contribution >= 0.6 is 35.0 Å². The normalized spacial score (nSPS) is 14.6. The molecule has 2 aromatic carbocycles. The van der Waals surface area contributed by atoms with Gasteiger partial charge in [-0.2, -0.15) is 13.2 Å². The van der Waals surface area contributed by atoms with Crippen molar-refractivity contribution < 1.29 is 26.4 Å². The number of anilines is 1. The molecule has 0 bridgehead atoms. The van der Waals surface area contributed by atoms with E-state index >= 15 is 0 Å². The van der Waals surface area contributed by atoms with E-state index in [2.05, 4.69) is 4.72 Å². The molecule has 1 aliphatic heterocycles. The lowest BCUT2D eigenvalue weighted by Gasteiger charge is -2.16. The first-order valence-electron chi connectivity index (χ1n) is 9.57. The maximum absolute atomic E-state index is 13.1. The second-order valence-corrected chi connectivity index (χ2v) is 10.7. The summed E-state index contributed by atoms with van der Waals surface area (Å²) in [7, 11) is -4.36. The van der Waals surface area contributed by atoms with Crippen molar-refractivity contribution in [1.29, 1.82) is 0 Å². The first kappa shape index (κ1) is 25.0. The zero-order valence-electron chi connectivity index (χ0n) is 16.6. The van der Waals surface area contributed by atoms with Crippen molar-refractivity contribution in [3.8, 4) is 0 Å². The molecule has 5 nitrogen and oxygen atoms in total. The molecule has 0 spiro atoms. The van der Waals surface area contributed by atoms with Crippen LogP contribution in [0, 0.1) is 0 Å². The smallest absolute Gasteiger partial charge is 0.343 e. The molecule has 0 radical (unpaired) electrons. The summed E-state index contributed by atoms with van der Waals surface area (Å²) in [5.41, 5.74) is -1.14. The Bertz CT molecular complexity index is 1110. The Morgan fingerprint density at radius 2 is 1.78 bits per heavy atom. The molecule has 3 rings (SSSR count). The lowest BCUT2D eigenvalue weighted by molar-refractivity contribution is -0.137. The number of hydrogen-bond acceptors (Lipinski definition) is 4. The summed E-state index contributed by atoms with van der Waals surface area (Å²) >= 11 is 12.8. The predicted molar refractivity (Wildman–Crippen MR) is 120 cm³/mol. The third kappa shape index (κ3) is 6.24. The van der Waals surface area contributed by atoms with E-state index in [0.717, 1.165) is 38.1 Å². The summed E-state index contributed by atoms with van der Waals surface area (Å²) in [6, 6.07) is 6.88. The molecule has 0 aliphatic carbocycles. The van der Waals surface area contributed by atoms with Crippen molar-refractivity contribution in [2.45, 2.75) is 35.2 Å². The lowest BCUT2D eigenvalue weighted by atomic mass is 10.2. The average Bonchev–Trinajstić information content (AvgIpc) is 3.23. The van der Waals surface area contributed by atoms with E-state index in [1.165, 1.54) is 17.8 Å². The van der Waals surface area contributed by atoms with E-state index in [1.807, 2.05) is 0 Å². The van der Waals surface area contributed by atoms with E-state index in [9.17, 15) is 26.4 Å². The number of rotatable bonds is 7. The molecule has 1 aliphatic rings. The summed E-state index contributed by atoms with van der Waals surface area (Å²) in [5.74, 6) is 0.442. The number of carbonyl (C=O) groups excluding carboxylic acids is 1. The first-order valence-corrected chi connectivity index (χ1v) is 12.8. The minimum absolute atomic E-state index is 0.0342. The number of sulfonamides is 1. The molecular formula is C20H19Cl2F3N2O3S2. The SMILES string of the molecule is O=C(CCSc1ccc(Cl)cc1NS(=O)(=O)c1ccc(Cl)c(C(F)(F)F)c1)N1CCCC1. The Balaban J connectivity index is 1.77. The molecule has 1 amide bonds. The van der Waals surface area contributed by atoms with Gasteiger partial charge in [-0.3, -0.25) is 9.52 Å². The van der Waals surface area contributed by atoms with E-state index in [-0.39, 0.29) is 23.0 Å². The topological polar surface area (TPSA) is 66.5 Å². The molecule has 1 N–H and O–H groups in total. The Kier molecular flexibility index (Phi) is 7.90. The van der Waals surface area contributed by atoms with Crippen LogP contribution < -0.4 is 4.72 Å². The predicted octanol–water partition coefficient (Wildman–Crippen LogP) is 5.92. The van der Waals surface area contributed by atoms with Crippen molar-refractivity contribution in [2.75, 3.05) is 23.6 Å². The lowest BCUT2D eigenvalue weighted by Crippen LogP contribution is -2.27. The van der Waals surface area contributed by atoms with Gasteiger partial charge in [-0.05, 0) is 49.2 Å². The van der Waals surface area contributed by atoms with Crippen LogP contribution in [0.3, 0.4) is 0 Å². The molecule has 0 unspecified atom stereocenters. The minimum Gasteiger partial charge on any atom is -0.343 e. The average molecular weight is 527 g/mol. The third-order valence-electron chi connectivity index (χ3n) is 4.77. The number of carbonyl (C=O) groups is 1. The molecule has 0 aromatic heterocycles. The van der Waals surface area contributed by atoms with Crippen molar-refractivity contribution in [3.63, 3.8) is 0 Å². The van der Waals surface area contributed by atoms with Crippen LogP contribution in [0.4, 0.5) is 18.9 Å². The maximum atomic E-state index is 13.1. The van der Waals surface area contributed by atoms with Crippen LogP contribution in [0.5, 0.6) is 0 Å². The summed E-state index contributed by atoms with van der Waals surface area (Å²) in [6.07, 6.45) is -2.54. The van der Waals surface area contributed by atoms with Crippen molar-refractivity contribution in [1.82, 2.24) is 4.90 Å². The number of likely N-dealkylation sites (tertiary alicyclic amines) is 1. The van der Waals surface area contributed by atoms with Gasteiger partial charge in [0.05, 0.1) is 21.2 Å². The van der Waals surface area contributed by atoms with Gasteiger partial charge < -0.3 is 4.90 Å². The molecule has 0 atom stereocenters. The van der Waals surface area contributed by atoms with E-state index in [4.69, 9.17) is 23.2 Å². The molecular weight excluding hydrogens is 508 g/mol. The first-order chi connectivity index (χ1) is 15.0. The van der Waals surface area contributed by atoms with Crippen LogP contribution in [0.15, 0.2) is 46.2 Å². The number of benzene rings is 2. The number of nitrogens with one attached hydrogen (secondary N) is 1. The van der Waals surface area contributed by atoms with Gasteiger partial charge in [0.2, 0.25) is 5.91 Å². The zero-order chi connectivity index (χ0) is 23.5. The van der Waals surface area contributed by atoms with Gasteiger partial charge >= 0.3 is 6.18 Å². The fourth-order valence-corrected chi connectivity index (χ4v) is 5.66. The van der Waals surface area contributed by atoms with Gasteiger partial charge in [0.1, 0.15) is 0 Å². The Morgan fingerprint density at radius 3 is 2.44 bits per heavy atom. The molecule has 1 heterocycles. The highest BCUT2D eigenvalue weighted by molar-refractivity contribution is 7.99. The molecule has 2 aromatic rings. The van der Waals surface area contributed by atoms with E-state index in [1.54, 1.807) is 17.0 Å². The fraction of sp³-hybridized carbons (Fsp3) is 0.350. The number of nitrogens with zero attached hydrogens (tertiary/aromatic N) is 1. The second-order valence-electron chi connectivity index (χ2n) is 7.07. The standard InChI is InChI=1S/C20H19Cl2F3N2O3S2/c21-13-3-6-18(31-10-7-19(28)27-8-1-2-9-27)17(11-13)26-32(29,30)14-4-5-16(22)15(12-14)20(23,24)25/h3-6,11-12,26H,1-2,7-10H2. The van der Waals surface area contributed by atoms with Crippen molar-refractivity contribution >= 4 is 56.6 Å². The maximum Gasteiger partial charge on any atom is 0.417 e. The third-order valence-corrected chi connectivity index (χ3v) is 7.77. The van der Waals surface area contributed by atoms with E-state index in [0.29, 0.717) is 16.7 Å². The monoisotopic (exact) mass is 526 g/mol. The molecule has 1 saturated heterocycles. The number of hydrogen-bond donors (Lipinski definition) is 1. The molecule has 32 heavy (non-hydrogen) atoms. The van der Waals surface area contributed by atoms with Crippen molar-refractivity contribution in [3.05, 3.63) is 52.0 Å². The van der Waals surface area contributed by atoms with Gasteiger partial charge in [-0.15, -0.1) is 11.8 Å². The number of halogens is 5. The van der Waals surface area contributed by atoms with Gasteiger partial charge in [0, 0.05) is 35.2 Å². The number of alkyl halides is 3. The van der Waals surface area contributed by atoms with Crippen LogP contribution in [0.25, 0.3) is 0 Å². The number of thioether (sulfide) groups is 1. The second kappa shape index (κ2) is 10.1. The largest absolute Gasteiger partial charge is 0.417 e. The Labute approximate surface area is 198 Å². The fourth-order valence-electron chi connectivity index (χ4n) is 3.17.